The Hall–Kier alpha value is -2.66. The summed E-state index contributed by atoms with van der Waals surface area (Å²) in [5.74, 6) is 4.80. The Bertz CT molecular complexity index is 957. The van der Waals surface area contributed by atoms with E-state index in [0.29, 0.717) is 27.5 Å². The highest BCUT2D eigenvalue weighted by Crippen LogP contribution is 2.25. The fourth-order valence-corrected chi connectivity index (χ4v) is 2.59. The zero-order chi connectivity index (χ0) is 15.9. The van der Waals surface area contributed by atoms with Crippen LogP contribution in [0, 0.1) is 13.8 Å². The number of para-hydroxylation sites is 1. The van der Waals surface area contributed by atoms with E-state index >= 15 is 0 Å². The molecule has 0 aliphatic carbocycles. The summed E-state index contributed by atoms with van der Waals surface area (Å²) in [5, 5.41) is 1.02. The molecule has 1 amide bonds. The number of aryl methyl sites for hydroxylation is 2. The molecule has 1 heterocycles. The number of hydrogen-bond acceptors (Lipinski definition) is 4. The Morgan fingerprint density at radius 1 is 1.14 bits per heavy atom. The van der Waals surface area contributed by atoms with E-state index in [-0.39, 0.29) is 17.8 Å². The van der Waals surface area contributed by atoms with Crippen LogP contribution in [0.1, 0.15) is 16.7 Å². The van der Waals surface area contributed by atoms with Crippen molar-refractivity contribution in [3.8, 4) is 0 Å². The summed E-state index contributed by atoms with van der Waals surface area (Å²) in [6, 6.07) is 8.90. The number of nitrogens with one attached hydrogen (secondary N) is 1. The van der Waals surface area contributed by atoms with Gasteiger partial charge in [0.05, 0.1) is 17.2 Å². The molecular weight excluding hydrogens is 280 g/mol. The van der Waals surface area contributed by atoms with Crippen molar-refractivity contribution in [1.29, 1.82) is 0 Å². The highest BCUT2D eigenvalue weighted by Gasteiger charge is 2.14. The van der Waals surface area contributed by atoms with Crippen LogP contribution in [-0.4, -0.2) is 5.91 Å². The monoisotopic (exact) mass is 296 g/mol. The summed E-state index contributed by atoms with van der Waals surface area (Å²) in [6.07, 6.45) is 0.0626. The van der Waals surface area contributed by atoms with Crippen LogP contribution in [-0.2, 0) is 11.2 Å². The standard InChI is InChI=1S/C17H16N2O3/c1-9-6-7-13-15(21)12-5-3-4-11(8-14(20)19-18)17(12)22-16(13)10(9)2/h3-7H,8,18H2,1-2H3,(H,19,20). The van der Waals surface area contributed by atoms with E-state index in [1.165, 1.54) is 0 Å². The van der Waals surface area contributed by atoms with E-state index in [1.807, 2.05) is 19.9 Å². The first-order valence-electron chi connectivity index (χ1n) is 6.97. The van der Waals surface area contributed by atoms with E-state index in [0.717, 1.165) is 11.1 Å². The Balaban J connectivity index is 2.40. The maximum atomic E-state index is 12.7. The molecule has 22 heavy (non-hydrogen) atoms. The topological polar surface area (TPSA) is 85.3 Å². The maximum absolute atomic E-state index is 12.7. The lowest BCUT2D eigenvalue weighted by molar-refractivity contribution is -0.120. The van der Waals surface area contributed by atoms with Crippen LogP contribution >= 0.6 is 0 Å². The zero-order valence-electron chi connectivity index (χ0n) is 12.4. The summed E-state index contributed by atoms with van der Waals surface area (Å²) in [7, 11) is 0. The van der Waals surface area contributed by atoms with Crippen molar-refractivity contribution in [2.45, 2.75) is 20.3 Å². The van der Waals surface area contributed by atoms with Crippen molar-refractivity contribution in [2.75, 3.05) is 0 Å². The Kier molecular flexibility index (Phi) is 3.42. The molecule has 0 aliphatic rings. The average Bonchev–Trinajstić information content (AvgIpc) is 2.52. The largest absolute Gasteiger partial charge is 0.455 e. The van der Waals surface area contributed by atoms with Crippen molar-refractivity contribution in [3.05, 3.63) is 57.2 Å². The molecule has 1 aromatic heterocycles. The second kappa shape index (κ2) is 5.27. The molecule has 0 spiro atoms. The van der Waals surface area contributed by atoms with Gasteiger partial charge in [0, 0.05) is 5.56 Å². The van der Waals surface area contributed by atoms with Gasteiger partial charge in [-0.05, 0) is 37.1 Å². The minimum absolute atomic E-state index is 0.0626. The second-order valence-corrected chi connectivity index (χ2v) is 5.35. The number of hydrazine groups is 1. The molecule has 112 valence electrons. The molecule has 0 bridgehead atoms. The molecular formula is C17H16N2O3. The highest BCUT2D eigenvalue weighted by molar-refractivity contribution is 5.94. The van der Waals surface area contributed by atoms with E-state index in [9.17, 15) is 9.59 Å². The molecule has 0 radical (unpaired) electrons. The van der Waals surface area contributed by atoms with E-state index < -0.39 is 0 Å². The fraction of sp³-hybridized carbons (Fsp3) is 0.176. The lowest BCUT2D eigenvalue weighted by Crippen LogP contribution is -2.31. The van der Waals surface area contributed by atoms with Gasteiger partial charge in [-0.3, -0.25) is 15.0 Å². The van der Waals surface area contributed by atoms with Crippen LogP contribution in [0.15, 0.2) is 39.5 Å². The lowest BCUT2D eigenvalue weighted by Gasteiger charge is -2.09. The van der Waals surface area contributed by atoms with Gasteiger partial charge in [0.2, 0.25) is 11.3 Å². The molecule has 3 N–H and O–H groups in total. The highest BCUT2D eigenvalue weighted by atomic mass is 16.3. The molecule has 3 aromatic rings. The van der Waals surface area contributed by atoms with E-state index in [4.69, 9.17) is 10.3 Å². The first kappa shape index (κ1) is 14.3. The number of nitrogens with two attached hydrogens (primary N) is 1. The number of benzene rings is 2. The molecule has 0 saturated heterocycles. The summed E-state index contributed by atoms with van der Waals surface area (Å²) < 4.78 is 5.99. The first-order chi connectivity index (χ1) is 10.5. The van der Waals surface area contributed by atoms with Crippen molar-refractivity contribution in [1.82, 2.24) is 5.43 Å². The summed E-state index contributed by atoms with van der Waals surface area (Å²) >= 11 is 0. The number of carbonyl (C=O) groups excluding carboxylic acids is 1. The lowest BCUT2D eigenvalue weighted by atomic mass is 10.0. The molecule has 0 atom stereocenters. The van der Waals surface area contributed by atoms with Crippen LogP contribution in [0.4, 0.5) is 0 Å². The van der Waals surface area contributed by atoms with Gasteiger partial charge in [0.15, 0.2) is 0 Å². The van der Waals surface area contributed by atoms with Crippen molar-refractivity contribution < 1.29 is 9.21 Å². The molecule has 0 aliphatic heterocycles. The second-order valence-electron chi connectivity index (χ2n) is 5.35. The number of rotatable bonds is 2. The van der Waals surface area contributed by atoms with Gasteiger partial charge in [-0.2, -0.15) is 0 Å². The molecule has 2 aromatic carbocycles. The van der Waals surface area contributed by atoms with Crippen molar-refractivity contribution >= 4 is 27.8 Å². The third-order valence-corrected chi connectivity index (χ3v) is 3.98. The van der Waals surface area contributed by atoms with Gasteiger partial charge >= 0.3 is 0 Å². The number of carbonyl (C=O) groups is 1. The summed E-state index contributed by atoms with van der Waals surface area (Å²) in [6.45, 7) is 3.88. The Morgan fingerprint density at radius 3 is 2.59 bits per heavy atom. The van der Waals surface area contributed by atoms with Crippen LogP contribution in [0.2, 0.25) is 0 Å². The molecule has 0 saturated carbocycles. The van der Waals surface area contributed by atoms with Gasteiger partial charge in [0.25, 0.3) is 0 Å². The van der Waals surface area contributed by atoms with Crippen molar-refractivity contribution in [3.63, 3.8) is 0 Å². The molecule has 0 unspecified atom stereocenters. The third-order valence-electron chi connectivity index (χ3n) is 3.98. The van der Waals surface area contributed by atoms with E-state index in [2.05, 4.69) is 5.43 Å². The first-order valence-corrected chi connectivity index (χ1v) is 6.97. The minimum Gasteiger partial charge on any atom is -0.455 e. The molecule has 0 fully saturated rings. The maximum Gasteiger partial charge on any atom is 0.238 e. The van der Waals surface area contributed by atoms with Crippen LogP contribution in [0.25, 0.3) is 21.9 Å². The van der Waals surface area contributed by atoms with Gasteiger partial charge < -0.3 is 4.42 Å². The van der Waals surface area contributed by atoms with Gasteiger partial charge in [-0.1, -0.05) is 18.2 Å². The Morgan fingerprint density at radius 2 is 1.86 bits per heavy atom. The minimum atomic E-state index is -0.337. The predicted molar refractivity (Wildman–Crippen MR) is 85.5 cm³/mol. The van der Waals surface area contributed by atoms with Gasteiger partial charge in [-0.25, -0.2) is 5.84 Å². The van der Waals surface area contributed by atoms with Crippen LogP contribution in [0.5, 0.6) is 0 Å². The number of amides is 1. The summed E-state index contributed by atoms with van der Waals surface area (Å²) in [4.78, 5) is 24.2. The summed E-state index contributed by atoms with van der Waals surface area (Å²) in [5.41, 5.74) is 5.63. The number of hydrogen-bond donors (Lipinski definition) is 2. The van der Waals surface area contributed by atoms with Gasteiger partial charge in [0.1, 0.15) is 11.2 Å². The number of fused-ring (bicyclic) bond motifs is 2. The molecule has 5 heteroatoms. The smallest absolute Gasteiger partial charge is 0.238 e. The third kappa shape index (κ3) is 2.16. The molecule has 5 nitrogen and oxygen atoms in total. The van der Waals surface area contributed by atoms with Crippen molar-refractivity contribution in [2.24, 2.45) is 5.84 Å². The van der Waals surface area contributed by atoms with Crippen LogP contribution in [0.3, 0.4) is 0 Å². The van der Waals surface area contributed by atoms with Crippen LogP contribution < -0.4 is 16.7 Å². The Labute approximate surface area is 126 Å². The average molecular weight is 296 g/mol. The zero-order valence-corrected chi connectivity index (χ0v) is 12.4. The predicted octanol–water partition coefficient (Wildman–Crippen LogP) is 2.10. The SMILES string of the molecule is Cc1ccc2c(=O)c3cccc(CC(=O)NN)c3oc2c1C. The van der Waals surface area contributed by atoms with Gasteiger partial charge in [-0.15, -0.1) is 0 Å². The quantitative estimate of drug-likeness (QED) is 0.328. The normalized spacial score (nSPS) is 11.0. The van der Waals surface area contributed by atoms with E-state index in [1.54, 1.807) is 24.3 Å². The fourth-order valence-electron chi connectivity index (χ4n) is 2.59. The molecule has 3 rings (SSSR count).